The average molecular weight is 473 g/mol. The van der Waals surface area contributed by atoms with Gasteiger partial charge in [0.25, 0.3) is 0 Å². The van der Waals surface area contributed by atoms with Crippen LogP contribution in [0, 0.1) is 12.7 Å². The predicted molar refractivity (Wildman–Crippen MR) is 125 cm³/mol. The molecule has 0 saturated carbocycles. The summed E-state index contributed by atoms with van der Waals surface area (Å²) in [5.74, 6) is -0.721. The van der Waals surface area contributed by atoms with Gasteiger partial charge in [-0.1, -0.05) is 18.6 Å². The standard InChI is InChI=1S/C25H29FN2O4S/c1-3-32-25(29)17-28-18(2)22(23-16-20(26)10-11-24(23)28)15-19-8-7-9-21(14-19)33(30,31)27-12-5-4-6-13-27/h7-11,14,16H,3-6,12-13,15,17H2,1-2H3. The van der Waals surface area contributed by atoms with Crippen LogP contribution < -0.4 is 0 Å². The monoisotopic (exact) mass is 472 g/mol. The minimum atomic E-state index is -3.55. The van der Waals surface area contributed by atoms with Gasteiger partial charge >= 0.3 is 5.97 Å². The Hall–Kier alpha value is -2.71. The van der Waals surface area contributed by atoms with E-state index in [0.717, 1.165) is 41.6 Å². The van der Waals surface area contributed by atoms with Crippen LogP contribution in [0.4, 0.5) is 4.39 Å². The van der Waals surface area contributed by atoms with Gasteiger partial charge in [0, 0.05) is 29.7 Å². The van der Waals surface area contributed by atoms with Gasteiger partial charge in [0.15, 0.2) is 0 Å². The van der Waals surface area contributed by atoms with E-state index in [0.29, 0.717) is 24.9 Å². The third-order valence-electron chi connectivity index (χ3n) is 6.24. The molecule has 0 N–H and O–H groups in total. The minimum Gasteiger partial charge on any atom is -0.465 e. The first-order valence-corrected chi connectivity index (χ1v) is 12.8. The highest BCUT2D eigenvalue weighted by molar-refractivity contribution is 7.89. The molecule has 1 aliphatic heterocycles. The number of nitrogens with zero attached hydrogens (tertiary/aromatic N) is 2. The Bertz CT molecular complexity index is 1280. The third kappa shape index (κ3) is 4.82. The van der Waals surface area contributed by atoms with Crippen LogP contribution in [0.25, 0.3) is 10.9 Å². The third-order valence-corrected chi connectivity index (χ3v) is 8.14. The molecule has 0 amide bonds. The molecule has 2 aromatic carbocycles. The SMILES string of the molecule is CCOC(=O)Cn1c(C)c(Cc2cccc(S(=O)(=O)N3CCCCC3)c2)c2cc(F)ccc21. The molecular weight excluding hydrogens is 443 g/mol. The fourth-order valence-corrected chi connectivity index (χ4v) is 6.15. The number of aromatic nitrogens is 1. The maximum Gasteiger partial charge on any atom is 0.325 e. The molecule has 3 aromatic rings. The van der Waals surface area contributed by atoms with Crippen LogP contribution in [0.15, 0.2) is 47.4 Å². The Morgan fingerprint density at radius 1 is 1.09 bits per heavy atom. The summed E-state index contributed by atoms with van der Waals surface area (Å²) in [5.41, 5.74) is 3.25. The van der Waals surface area contributed by atoms with Crippen molar-refractivity contribution in [1.29, 1.82) is 0 Å². The van der Waals surface area contributed by atoms with Gasteiger partial charge in [0.1, 0.15) is 12.4 Å². The summed E-state index contributed by atoms with van der Waals surface area (Å²) in [7, 11) is -3.55. The molecule has 176 valence electrons. The lowest BCUT2D eigenvalue weighted by atomic mass is 10.0. The molecule has 8 heteroatoms. The number of hydrogen-bond acceptors (Lipinski definition) is 4. The lowest BCUT2D eigenvalue weighted by molar-refractivity contribution is -0.143. The van der Waals surface area contributed by atoms with Crippen LogP contribution in [0.3, 0.4) is 0 Å². The summed E-state index contributed by atoms with van der Waals surface area (Å²) < 4.78 is 48.9. The summed E-state index contributed by atoms with van der Waals surface area (Å²) in [4.78, 5) is 12.4. The lowest BCUT2D eigenvalue weighted by Gasteiger charge is -2.26. The molecule has 0 aliphatic carbocycles. The van der Waals surface area contributed by atoms with Crippen molar-refractivity contribution in [3.63, 3.8) is 0 Å². The van der Waals surface area contributed by atoms with Crippen molar-refractivity contribution in [3.8, 4) is 0 Å². The van der Waals surface area contributed by atoms with E-state index in [1.165, 1.54) is 12.1 Å². The van der Waals surface area contributed by atoms with Crippen LogP contribution >= 0.6 is 0 Å². The maximum atomic E-state index is 14.1. The molecular formula is C25H29FN2O4S. The van der Waals surface area contributed by atoms with Crippen molar-refractivity contribution in [2.24, 2.45) is 0 Å². The summed E-state index contributed by atoms with van der Waals surface area (Å²) in [5, 5.41) is 0.709. The Balaban J connectivity index is 1.71. The van der Waals surface area contributed by atoms with Crippen molar-refractivity contribution >= 4 is 26.9 Å². The highest BCUT2D eigenvalue weighted by atomic mass is 32.2. The van der Waals surface area contributed by atoms with E-state index >= 15 is 0 Å². The topological polar surface area (TPSA) is 68.6 Å². The predicted octanol–water partition coefficient (Wildman–Crippen LogP) is 4.42. The van der Waals surface area contributed by atoms with Gasteiger partial charge in [-0.15, -0.1) is 0 Å². The molecule has 6 nitrogen and oxygen atoms in total. The van der Waals surface area contributed by atoms with E-state index < -0.39 is 10.0 Å². The first kappa shape index (κ1) is 23.4. The molecule has 1 aromatic heterocycles. The number of carbonyl (C=O) groups is 1. The molecule has 1 saturated heterocycles. The number of piperidine rings is 1. The zero-order chi connectivity index (χ0) is 23.6. The fourth-order valence-electron chi connectivity index (χ4n) is 4.56. The minimum absolute atomic E-state index is 0.0329. The smallest absolute Gasteiger partial charge is 0.325 e. The van der Waals surface area contributed by atoms with Gasteiger partial charge in [-0.3, -0.25) is 4.79 Å². The van der Waals surface area contributed by atoms with Crippen molar-refractivity contribution in [2.45, 2.75) is 51.0 Å². The molecule has 0 spiro atoms. The second kappa shape index (κ2) is 9.65. The van der Waals surface area contributed by atoms with Crippen LogP contribution in [0.5, 0.6) is 0 Å². The second-order valence-electron chi connectivity index (χ2n) is 8.41. The van der Waals surface area contributed by atoms with Crippen molar-refractivity contribution in [3.05, 3.63) is 65.1 Å². The number of hydrogen-bond donors (Lipinski definition) is 0. The van der Waals surface area contributed by atoms with Gasteiger partial charge in [0.2, 0.25) is 10.0 Å². The van der Waals surface area contributed by atoms with Gasteiger partial charge in [-0.2, -0.15) is 4.31 Å². The average Bonchev–Trinajstić information content (AvgIpc) is 3.05. The highest BCUT2D eigenvalue weighted by Crippen LogP contribution is 2.30. The Morgan fingerprint density at radius 3 is 2.58 bits per heavy atom. The largest absolute Gasteiger partial charge is 0.465 e. The van der Waals surface area contributed by atoms with Crippen LogP contribution in [-0.4, -0.2) is 43.0 Å². The van der Waals surface area contributed by atoms with E-state index in [1.807, 2.05) is 17.6 Å². The number of fused-ring (bicyclic) bond motifs is 1. The summed E-state index contributed by atoms with van der Waals surface area (Å²) >= 11 is 0. The quantitative estimate of drug-likeness (QED) is 0.478. The normalized spacial score (nSPS) is 15.1. The lowest BCUT2D eigenvalue weighted by Crippen LogP contribution is -2.35. The van der Waals surface area contributed by atoms with Crippen molar-refractivity contribution in [1.82, 2.24) is 8.87 Å². The number of carbonyl (C=O) groups excluding carboxylic acids is 1. The number of sulfonamides is 1. The number of ether oxygens (including phenoxy) is 1. The van der Waals surface area contributed by atoms with Gasteiger partial charge in [-0.05, 0) is 74.6 Å². The van der Waals surface area contributed by atoms with E-state index in [1.54, 1.807) is 35.5 Å². The molecule has 2 heterocycles. The zero-order valence-corrected chi connectivity index (χ0v) is 19.8. The highest BCUT2D eigenvalue weighted by Gasteiger charge is 2.26. The molecule has 0 bridgehead atoms. The Kier molecular flexibility index (Phi) is 6.86. The maximum absolute atomic E-state index is 14.1. The fraction of sp³-hybridized carbons (Fsp3) is 0.400. The number of halogens is 1. The molecule has 0 radical (unpaired) electrons. The van der Waals surface area contributed by atoms with Gasteiger partial charge in [-0.25, -0.2) is 12.8 Å². The Labute approximate surface area is 194 Å². The molecule has 1 aliphatic rings. The summed E-state index contributed by atoms with van der Waals surface area (Å²) in [6.07, 6.45) is 3.23. The number of benzene rings is 2. The van der Waals surface area contributed by atoms with Crippen LogP contribution in [0.2, 0.25) is 0 Å². The molecule has 0 unspecified atom stereocenters. The zero-order valence-electron chi connectivity index (χ0n) is 19.0. The van der Waals surface area contributed by atoms with E-state index in [2.05, 4.69) is 0 Å². The molecule has 33 heavy (non-hydrogen) atoms. The first-order valence-electron chi connectivity index (χ1n) is 11.3. The molecule has 4 rings (SSSR count). The van der Waals surface area contributed by atoms with Crippen molar-refractivity contribution < 1.29 is 22.3 Å². The van der Waals surface area contributed by atoms with E-state index in [9.17, 15) is 17.6 Å². The second-order valence-corrected chi connectivity index (χ2v) is 10.3. The van der Waals surface area contributed by atoms with Crippen LogP contribution in [0.1, 0.15) is 43.0 Å². The summed E-state index contributed by atoms with van der Waals surface area (Å²) in [6.45, 7) is 5.06. The Morgan fingerprint density at radius 2 is 1.85 bits per heavy atom. The number of esters is 1. The molecule has 1 fully saturated rings. The van der Waals surface area contributed by atoms with Gasteiger partial charge < -0.3 is 9.30 Å². The van der Waals surface area contributed by atoms with E-state index in [-0.39, 0.29) is 29.8 Å². The van der Waals surface area contributed by atoms with Crippen molar-refractivity contribution in [2.75, 3.05) is 19.7 Å². The number of rotatable bonds is 7. The van der Waals surface area contributed by atoms with E-state index in [4.69, 9.17) is 4.74 Å². The molecule has 0 atom stereocenters. The van der Waals surface area contributed by atoms with Crippen LogP contribution in [-0.2, 0) is 32.5 Å². The van der Waals surface area contributed by atoms with Gasteiger partial charge in [0.05, 0.1) is 11.5 Å². The summed E-state index contributed by atoms with van der Waals surface area (Å²) in [6, 6.07) is 11.5. The first-order chi connectivity index (χ1) is 15.8.